The fourth-order valence-electron chi connectivity index (χ4n) is 3.11. The van der Waals surface area contributed by atoms with E-state index in [1.165, 1.54) is 19.3 Å². The summed E-state index contributed by atoms with van der Waals surface area (Å²) in [5.41, 5.74) is -0.528. The van der Waals surface area contributed by atoms with Gasteiger partial charge in [0.15, 0.2) is 0 Å². The largest absolute Gasteiger partial charge is 0.391 e. The molecule has 2 fully saturated rings. The molecule has 0 amide bonds. The Bertz CT molecular complexity index is 260. The second kappa shape index (κ2) is 5.16. The summed E-state index contributed by atoms with van der Waals surface area (Å²) in [5.74, 6) is 0.339. The molecular formula is C13H21NO2. The summed E-state index contributed by atoms with van der Waals surface area (Å²) in [6, 6.07) is 2.38. The molecule has 1 aliphatic heterocycles. The Morgan fingerprint density at radius 3 is 2.38 bits per heavy atom. The molecule has 1 saturated carbocycles. The molecule has 1 unspecified atom stereocenters. The molecule has 90 valence electrons. The summed E-state index contributed by atoms with van der Waals surface area (Å²) in [4.78, 5) is 0. The lowest BCUT2D eigenvalue weighted by Gasteiger charge is -2.40. The zero-order valence-electron chi connectivity index (χ0n) is 9.82. The van der Waals surface area contributed by atoms with Gasteiger partial charge in [0.05, 0.1) is 17.6 Å². The standard InChI is InChI=1S/C13H21NO2/c14-10-13(6-8-16-9-7-13)12(15)11-4-2-1-3-5-11/h11-12,15H,1-9H2. The number of ether oxygens (including phenoxy) is 1. The molecule has 2 aliphatic rings. The molecule has 1 heterocycles. The van der Waals surface area contributed by atoms with E-state index in [-0.39, 0.29) is 0 Å². The monoisotopic (exact) mass is 223 g/mol. The van der Waals surface area contributed by atoms with Gasteiger partial charge in [-0.25, -0.2) is 0 Å². The Hall–Kier alpha value is -0.590. The van der Waals surface area contributed by atoms with Gasteiger partial charge in [-0.3, -0.25) is 0 Å². The van der Waals surface area contributed by atoms with Gasteiger partial charge in [-0.2, -0.15) is 5.26 Å². The van der Waals surface area contributed by atoms with Crippen LogP contribution in [-0.2, 0) is 4.74 Å². The van der Waals surface area contributed by atoms with Gasteiger partial charge < -0.3 is 9.84 Å². The average molecular weight is 223 g/mol. The maximum Gasteiger partial charge on any atom is 0.0878 e. The van der Waals surface area contributed by atoms with E-state index in [9.17, 15) is 10.4 Å². The first-order valence-electron chi connectivity index (χ1n) is 6.45. The first-order valence-corrected chi connectivity index (χ1v) is 6.45. The molecule has 1 saturated heterocycles. The van der Waals surface area contributed by atoms with E-state index in [2.05, 4.69) is 6.07 Å². The fourth-order valence-corrected chi connectivity index (χ4v) is 3.11. The highest BCUT2D eigenvalue weighted by Gasteiger charge is 2.43. The molecule has 0 spiro atoms. The van der Waals surface area contributed by atoms with Crippen molar-refractivity contribution in [2.75, 3.05) is 13.2 Å². The molecule has 1 N–H and O–H groups in total. The lowest BCUT2D eigenvalue weighted by Crippen LogP contribution is -2.44. The van der Waals surface area contributed by atoms with Gasteiger partial charge in [-0.15, -0.1) is 0 Å². The maximum atomic E-state index is 10.5. The second-order valence-electron chi connectivity index (χ2n) is 5.22. The molecule has 0 bridgehead atoms. The molecule has 1 atom stereocenters. The Labute approximate surface area is 97.4 Å². The van der Waals surface area contributed by atoms with Crippen LogP contribution in [0.3, 0.4) is 0 Å². The van der Waals surface area contributed by atoms with Crippen molar-refractivity contribution >= 4 is 0 Å². The minimum absolute atomic E-state index is 0.339. The summed E-state index contributed by atoms with van der Waals surface area (Å²) in [6.45, 7) is 1.24. The Kier molecular flexibility index (Phi) is 3.83. The minimum Gasteiger partial charge on any atom is -0.391 e. The quantitative estimate of drug-likeness (QED) is 0.781. The smallest absolute Gasteiger partial charge is 0.0878 e. The van der Waals surface area contributed by atoms with Crippen molar-refractivity contribution in [2.24, 2.45) is 11.3 Å². The van der Waals surface area contributed by atoms with Crippen LogP contribution >= 0.6 is 0 Å². The van der Waals surface area contributed by atoms with Crippen LogP contribution in [-0.4, -0.2) is 24.4 Å². The van der Waals surface area contributed by atoms with Crippen LogP contribution < -0.4 is 0 Å². The number of nitriles is 1. The zero-order valence-corrected chi connectivity index (χ0v) is 9.82. The maximum absolute atomic E-state index is 10.5. The van der Waals surface area contributed by atoms with Gasteiger partial charge in [0.2, 0.25) is 0 Å². The molecule has 3 heteroatoms. The third kappa shape index (κ3) is 2.23. The van der Waals surface area contributed by atoms with Crippen molar-refractivity contribution in [2.45, 2.75) is 51.0 Å². The minimum atomic E-state index is -0.528. The Morgan fingerprint density at radius 2 is 1.81 bits per heavy atom. The van der Waals surface area contributed by atoms with E-state index in [4.69, 9.17) is 4.74 Å². The number of aliphatic hydroxyl groups excluding tert-OH is 1. The van der Waals surface area contributed by atoms with Crippen LogP contribution in [0.5, 0.6) is 0 Å². The number of hydrogen-bond donors (Lipinski definition) is 1. The van der Waals surface area contributed by atoms with E-state index in [0.717, 1.165) is 12.8 Å². The number of nitrogens with zero attached hydrogens (tertiary/aromatic N) is 1. The first kappa shape index (κ1) is 11.9. The normalized spacial score (nSPS) is 28.2. The van der Waals surface area contributed by atoms with Gasteiger partial charge in [0, 0.05) is 13.2 Å². The lowest BCUT2D eigenvalue weighted by molar-refractivity contribution is -0.0610. The van der Waals surface area contributed by atoms with Gasteiger partial charge in [0.25, 0.3) is 0 Å². The third-order valence-electron chi connectivity index (χ3n) is 4.27. The summed E-state index contributed by atoms with van der Waals surface area (Å²) < 4.78 is 5.30. The second-order valence-corrected chi connectivity index (χ2v) is 5.22. The Morgan fingerprint density at radius 1 is 1.19 bits per heavy atom. The molecular weight excluding hydrogens is 202 g/mol. The molecule has 16 heavy (non-hydrogen) atoms. The van der Waals surface area contributed by atoms with Gasteiger partial charge in [-0.1, -0.05) is 19.3 Å². The number of aliphatic hydroxyl groups is 1. The molecule has 0 aromatic carbocycles. The van der Waals surface area contributed by atoms with Crippen LogP contribution in [0, 0.1) is 22.7 Å². The highest BCUT2D eigenvalue weighted by atomic mass is 16.5. The van der Waals surface area contributed by atoms with Crippen molar-refractivity contribution < 1.29 is 9.84 Å². The van der Waals surface area contributed by atoms with Crippen molar-refractivity contribution in [3.8, 4) is 6.07 Å². The number of rotatable bonds is 2. The van der Waals surface area contributed by atoms with Gasteiger partial charge in [0.1, 0.15) is 0 Å². The van der Waals surface area contributed by atoms with Crippen molar-refractivity contribution in [3.05, 3.63) is 0 Å². The predicted octanol–water partition coefficient (Wildman–Crippen LogP) is 2.25. The highest BCUT2D eigenvalue weighted by molar-refractivity contribution is 5.06. The zero-order chi connectivity index (χ0) is 11.4. The predicted molar refractivity (Wildman–Crippen MR) is 60.7 cm³/mol. The van der Waals surface area contributed by atoms with E-state index in [0.29, 0.717) is 32.0 Å². The van der Waals surface area contributed by atoms with Crippen molar-refractivity contribution in [3.63, 3.8) is 0 Å². The van der Waals surface area contributed by atoms with E-state index >= 15 is 0 Å². The summed E-state index contributed by atoms with van der Waals surface area (Å²) in [6.07, 6.45) is 6.83. The molecule has 0 radical (unpaired) electrons. The third-order valence-corrected chi connectivity index (χ3v) is 4.27. The highest BCUT2D eigenvalue weighted by Crippen LogP contribution is 2.41. The first-order chi connectivity index (χ1) is 7.78. The molecule has 1 aliphatic carbocycles. The van der Waals surface area contributed by atoms with Crippen LogP contribution in [0.15, 0.2) is 0 Å². The topological polar surface area (TPSA) is 53.2 Å². The van der Waals surface area contributed by atoms with Gasteiger partial charge in [-0.05, 0) is 31.6 Å². The van der Waals surface area contributed by atoms with E-state index in [1.54, 1.807) is 0 Å². The molecule has 3 nitrogen and oxygen atoms in total. The van der Waals surface area contributed by atoms with Crippen molar-refractivity contribution in [1.82, 2.24) is 0 Å². The van der Waals surface area contributed by atoms with Crippen LogP contribution in [0.2, 0.25) is 0 Å². The summed E-state index contributed by atoms with van der Waals surface area (Å²) in [7, 11) is 0. The number of hydrogen-bond acceptors (Lipinski definition) is 3. The summed E-state index contributed by atoms with van der Waals surface area (Å²) >= 11 is 0. The van der Waals surface area contributed by atoms with E-state index < -0.39 is 11.5 Å². The fraction of sp³-hybridized carbons (Fsp3) is 0.923. The van der Waals surface area contributed by atoms with Gasteiger partial charge >= 0.3 is 0 Å². The molecule has 0 aromatic rings. The van der Waals surface area contributed by atoms with Crippen LogP contribution in [0.25, 0.3) is 0 Å². The van der Waals surface area contributed by atoms with Crippen LogP contribution in [0.1, 0.15) is 44.9 Å². The summed E-state index contributed by atoms with van der Waals surface area (Å²) in [5, 5.41) is 19.8. The Balaban J connectivity index is 2.04. The molecule has 2 rings (SSSR count). The lowest BCUT2D eigenvalue weighted by atomic mass is 9.69. The SMILES string of the molecule is N#CC1(C(O)C2CCCCC2)CCOCC1. The van der Waals surface area contributed by atoms with E-state index in [1.807, 2.05) is 0 Å². The van der Waals surface area contributed by atoms with Crippen LogP contribution in [0.4, 0.5) is 0 Å². The van der Waals surface area contributed by atoms with Crippen molar-refractivity contribution in [1.29, 1.82) is 5.26 Å². The average Bonchev–Trinajstić information content (AvgIpc) is 2.39. The molecule has 0 aromatic heterocycles.